The molecule has 3 aromatic heterocycles. The zero-order chi connectivity index (χ0) is 35.0. The van der Waals surface area contributed by atoms with Gasteiger partial charge in [0.15, 0.2) is 0 Å². The van der Waals surface area contributed by atoms with Crippen molar-refractivity contribution in [2.24, 2.45) is 5.41 Å². The number of ether oxygens (including phenoxy) is 1. The van der Waals surface area contributed by atoms with Gasteiger partial charge >= 0.3 is 0 Å². The molecule has 50 heavy (non-hydrogen) atoms. The summed E-state index contributed by atoms with van der Waals surface area (Å²) in [6, 6.07) is 36.4. The van der Waals surface area contributed by atoms with E-state index in [1.807, 2.05) is 29.1 Å². The molecule has 0 aliphatic rings. The van der Waals surface area contributed by atoms with Crippen molar-refractivity contribution in [3.05, 3.63) is 132 Å². The quantitative estimate of drug-likeness (QED) is 0.147. The Kier molecular flexibility index (Phi) is 9.09. The Hall–Kier alpha value is -5.16. The minimum atomic E-state index is 0.362. The first-order chi connectivity index (χ1) is 24.1. The van der Waals surface area contributed by atoms with Gasteiger partial charge in [-0.15, -0.1) is 0 Å². The van der Waals surface area contributed by atoms with Crippen LogP contribution in [0, 0.1) is 19.3 Å². The molecule has 4 aromatic carbocycles. The molecule has 0 radical (unpaired) electrons. The zero-order valence-electron chi connectivity index (χ0n) is 30.5. The van der Waals surface area contributed by atoms with Crippen LogP contribution in [0.5, 0.6) is 11.5 Å². The third-order valence-corrected chi connectivity index (χ3v) is 9.99. The molecule has 0 bridgehead atoms. The summed E-state index contributed by atoms with van der Waals surface area (Å²) in [6.45, 7) is 15.7. The molecular formula is C45H48N4O. The molecule has 1 atom stereocenters. The number of aryl methyl sites for hydroxylation is 2. The monoisotopic (exact) mass is 660 g/mol. The van der Waals surface area contributed by atoms with Crippen LogP contribution in [0.25, 0.3) is 44.4 Å². The Balaban J connectivity index is 1.26. The normalized spacial score (nSPS) is 12.5. The maximum Gasteiger partial charge on any atom is 0.137 e. The molecule has 0 aliphatic carbocycles. The molecule has 0 amide bonds. The highest BCUT2D eigenvalue weighted by molar-refractivity contribution is 6.09. The van der Waals surface area contributed by atoms with E-state index >= 15 is 0 Å². The molecule has 5 heteroatoms. The van der Waals surface area contributed by atoms with E-state index in [-0.39, 0.29) is 0 Å². The van der Waals surface area contributed by atoms with Gasteiger partial charge in [-0.3, -0.25) is 4.57 Å². The van der Waals surface area contributed by atoms with E-state index in [1.54, 1.807) is 0 Å². The SMILES string of the molecule is CCc1ccnc(-n2c3ccc(C(C)CCCC(C)(C)C)cc3c3ccc(Oc4cccc(-n5nc(C)c(-c6ccccc6)c5C)c4)cc32)c1. The second kappa shape index (κ2) is 13.6. The highest BCUT2D eigenvalue weighted by atomic mass is 16.5. The van der Waals surface area contributed by atoms with E-state index in [2.05, 4.69) is 138 Å². The second-order valence-corrected chi connectivity index (χ2v) is 14.9. The third-order valence-electron chi connectivity index (χ3n) is 9.99. The molecule has 0 spiro atoms. The van der Waals surface area contributed by atoms with Gasteiger partial charge in [-0.1, -0.05) is 83.5 Å². The van der Waals surface area contributed by atoms with Gasteiger partial charge in [0, 0.05) is 40.4 Å². The van der Waals surface area contributed by atoms with Crippen molar-refractivity contribution in [1.82, 2.24) is 19.3 Å². The van der Waals surface area contributed by atoms with Gasteiger partial charge in [-0.25, -0.2) is 9.67 Å². The first-order valence-electron chi connectivity index (χ1n) is 18.0. The predicted octanol–water partition coefficient (Wildman–Crippen LogP) is 12.3. The predicted molar refractivity (Wildman–Crippen MR) is 208 cm³/mol. The summed E-state index contributed by atoms with van der Waals surface area (Å²) in [5, 5.41) is 7.37. The fourth-order valence-corrected chi connectivity index (χ4v) is 7.27. The number of benzene rings is 4. The minimum absolute atomic E-state index is 0.362. The average molecular weight is 661 g/mol. The Bertz CT molecular complexity index is 2290. The number of fused-ring (bicyclic) bond motifs is 3. The van der Waals surface area contributed by atoms with E-state index in [4.69, 9.17) is 14.8 Å². The van der Waals surface area contributed by atoms with Gasteiger partial charge in [-0.05, 0) is 110 Å². The molecule has 254 valence electrons. The maximum atomic E-state index is 6.60. The highest BCUT2D eigenvalue weighted by Crippen LogP contribution is 2.38. The Morgan fingerprint density at radius 3 is 2.36 bits per heavy atom. The third kappa shape index (κ3) is 6.69. The number of hydrogen-bond acceptors (Lipinski definition) is 3. The highest BCUT2D eigenvalue weighted by Gasteiger charge is 2.19. The summed E-state index contributed by atoms with van der Waals surface area (Å²) < 4.78 is 10.9. The summed E-state index contributed by atoms with van der Waals surface area (Å²) in [5.41, 5.74) is 10.6. The van der Waals surface area contributed by atoms with Crippen LogP contribution in [0.4, 0.5) is 0 Å². The van der Waals surface area contributed by atoms with Gasteiger partial charge in [0.05, 0.1) is 22.4 Å². The van der Waals surface area contributed by atoms with Crippen LogP contribution < -0.4 is 4.74 Å². The van der Waals surface area contributed by atoms with Crippen LogP contribution in [-0.4, -0.2) is 19.3 Å². The lowest BCUT2D eigenvalue weighted by Crippen LogP contribution is -2.05. The van der Waals surface area contributed by atoms with Crippen molar-refractivity contribution in [2.75, 3.05) is 0 Å². The number of rotatable bonds is 10. The van der Waals surface area contributed by atoms with E-state index < -0.39 is 0 Å². The lowest BCUT2D eigenvalue weighted by molar-refractivity contribution is 0.354. The van der Waals surface area contributed by atoms with Gasteiger partial charge in [0.25, 0.3) is 0 Å². The Morgan fingerprint density at radius 2 is 1.58 bits per heavy atom. The van der Waals surface area contributed by atoms with E-state index in [9.17, 15) is 0 Å². The van der Waals surface area contributed by atoms with Crippen LogP contribution in [0.15, 0.2) is 109 Å². The fourth-order valence-electron chi connectivity index (χ4n) is 7.27. The summed E-state index contributed by atoms with van der Waals surface area (Å²) in [7, 11) is 0. The Morgan fingerprint density at radius 1 is 0.780 bits per heavy atom. The van der Waals surface area contributed by atoms with Crippen molar-refractivity contribution in [3.8, 4) is 34.1 Å². The molecule has 5 nitrogen and oxygen atoms in total. The summed E-state index contributed by atoms with van der Waals surface area (Å²) >= 11 is 0. The van der Waals surface area contributed by atoms with Crippen LogP contribution in [0.2, 0.25) is 0 Å². The molecular weight excluding hydrogens is 613 g/mol. The number of hydrogen-bond donors (Lipinski definition) is 0. The molecule has 7 rings (SSSR count). The van der Waals surface area contributed by atoms with Crippen LogP contribution in [-0.2, 0) is 6.42 Å². The molecule has 7 aromatic rings. The lowest BCUT2D eigenvalue weighted by Gasteiger charge is -2.19. The smallest absolute Gasteiger partial charge is 0.137 e. The standard InChI is InChI=1S/C45H48N4O/c1-8-33-23-25-46-43(26-33)48-41-22-19-35(30(2)14-13-24-45(5,6)7)27-40(41)39-21-20-38(29-42(39)48)50-37-18-12-17-36(28-37)49-32(4)44(31(3)47-49)34-15-10-9-11-16-34/h9-12,15-23,25-30H,8,13-14,24H2,1-7H3. The zero-order valence-corrected chi connectivity index (χ0v) is 30.5. The molecule has 0 N–H and O–H groups in total. The van der Waals surface area contributed by atoms with Crippen LogP contribution in [0.3, 0.4) is 0 Å². The number of aromatic nitrogens is 4. The molecule has 3 heterocycles. The van der Waals surface area contributed by atoms with Crippen molar-refractivity contribution in [1.29, 1.82) is 0 Å². The molecule has 0 saturated heterocycles. The van der Waals surface area contributed by atoms with E-state index in [0.717, 1.165) is 51.8 Å². The van der Waals surface area contributed by atoms with Crippen molar-refractivity contribution in [3.63, 3.8) is 0 Å². The number of pyridine rings is 1. The second-order valence-electron chi connectivity index (χ2n) is 14.9. The van der Waals surface area contributed by atoms with Gasteiger partial charge < -0.3 is 4.74 Å². The van der Waals surface area contributed by atoms with E-state index in [0.29, 0.717) is 11.3 Å². The van der Waals surface area contributed by atoms with Gasteiger partial charge in [0.1, 0.15) is 17.3 Å². The lowest BCUT2D eigenvalue weighted by atomic mass is 9.86. The van der Waals surface area contributed by atoms with Crippen LogP contribution in [0.1, 0.15) is 82.3 Å². The first kappa shape index (κ1) is 33.3. The van der Waals surface area contributed by atoms with Crippen molar-refractivity contribution >= 4 is 21.8 Å². The Labute approximate surface area is 296 Å². The molecule has 0 fully saturated rings. The molecule has 1 unspecified atom stereocenters. The van der Waals surface area contributed by atoms with Crippen molar-refractivity contribution < 1.29 is 4.74 Å². The minimum Gasteiger partial charge on any atom is -0.457 e. The molecule has 0 saturated carbocycles. The number of nitrogens with zero attached hydrogens (tertiary/aromatic N) is 4. The topological polar surface area (TPSA) is 44.9 Å². The summed E-state index contributed by atoms with van der Waals surface area (Å²) in [5.74, 6) is 2.95. The van der Waals surface area contributed by atoms with Crippen LogP contribution >= 0.6 is 0 Å². The summed E-state index contributed by atoms with van der Waals surface area (Å²) in [4.78, 5) is 4.86. The fraction of sp³-hybridized carbons (Fsp3) is 0.289. The largest absolute Gasteiger partial charge is 0.457 e. The summed E-state index contributed by atoms with van der Waals surface area (Å²) in [6.07, 6.45) is 6.53. The maximum absolute atomic E-state index is 6.60. The molecule has 0 aliphatic heterocycles. The van der Waals surface area contributed by atoms with Gasteiger partial charge in [0.2, 0.25) is 0 Å². The van der Waals surface area contributed by atoms with Gasteiger partial charge in [-0.2, -0.15) is 5.10 Å². The average Bonchev–Trinajstić information content (AvgIpc) is 3.60. The van der Waals surface area contributed by atoms with E-state index in [1.165, 1.54) is 52.3 Å². The first-order valence-corrected chi connectivity index (χ1v) is 18.0. The van der Waals surface area contributed by atoms with Crippen molar-refractivity contribution in [2.45, 2.75) is 80.1 Å².